The summed E-state index contributed by atoms with van der Waals surface area (Å²) >= 11 is 0. The number of aromatic nitrogens is 2. The van der Waals surface area contributed by atoms with E-state index in [-0.39, 0.29) is 17.6 Å². The lowest BCUT2D eigenvalue weighted by Crippen LogP contribution is -2.33. The second-order valence-corrected chi connectivity index (χ2v) is 7.42. The average molecular weight is 394 g/mol. The molecule has 1 amide bonds. The molecule has 3 heterocycles. The Morgan fingerprint density at radius 2 is 1.90 bits per heavy atom. The van der Waals surface area contributed by atoms with Crippen molar-refractivity contribution >= 4 is 22.6 Å². The Morgan fingerprint density at radius 3 is 2.79 bits per heavy atom. The van der Waals surface area contributed by atoms with Crippen molar-refractivity contribution in [2.24, 2.45) is 0 Å². The van der Waals surface area contributed by atoms with Crippen molar-refractivity contribution in [1.82, 2.24) is 14.9 Å². The van der Waals surface area contributed by atoms with Crippen molar-refractivity contribution in [3.8, 4) is 11.5 Å². The van der Waals surface area contributed by atoms with Gasteiger partial charge in [-0.2, -0.15) is 0 Å². The van der Waals surface area contributed by atoms with Gasteiger partial charge in [0.25, 0.3) is 0 Å². The summed E-state index contributed by atoms with van der Waals surface area (Å²) in [5, 5.41) is 2.93. The molecule has 1 atom stereocenters. The Kier molecular flexibility index (Phi) is 4.48. The van der Waals surface area contributed by atoms with Crippen LogP contribution in [0.25, 0.3) is 11.0 Å². The fourth-order valence-electron chi connectivity index (χ4n) is 4.16. The number of rotatable bonds is 4. The minimum atomic E-state index is -0.261. The van der Waals surface area contributed by atoms with Gasteiger partial charge in [-0.1, -0.05) is 6.07 Å². The first-order valence-electron chi connectivity index (χ1n) is 9.81. The van der Waals surface area contributed by atoms with E-state index in [1.807, 2.05) is 12.1 Å². The van der Waals surface area contributed by atoms with Gasteiger partial charge in [0.15, 0.2) is 11.5 Å². The highest BCUT2D eigenvalue weighted by Gasteiger charge is 2.28. The summed E-state index contributed by atoms with van der Waals surface area (Å²) in [7, 11) is 0. The van der Waals surface area contributed by atoms with E-state index in [2.05, 4.69) is 26.3 Å². The Labute approximate surface area is 166 Å². The molecule has 3 aromatic rings. The number of carbonyl (C=O) groups is 1. The zero-order chi connectivity index (χ0) is 19.8. The normalized spacial score (nSPS) is 18.8. The van der Waals surface area contributed by atoms with Crippen molar-refractivity contribution in [1.29, 1.82) is 0 Å². The molecule has 1 fully saturated rings. The maximum atomic E-state index is 12.6. The summed E-state index contributed by atoms with van der Waals surface area (Å²) in [6, 6.07) is 11.5. The number of benzene rings is 2. The number of aromatic amines is 2. The van der Waals surface area contributed by atoms with Crippen molar-refractivity contribution in [3.05, 3.63) is 52.4 Å². The molecule has 1 saturated heterocycles. The predicted octanol–water partition coefficient (Wildman–Crippen LogP) is 2.40. The second-order valence-electron chi connectivity index (χ2n) is 7.42. The fourth-order valence-corrected chi connectivity index (χ4v) is 4.16. The third kappa shape index (κ3) is 3.58. The molecule has 3 N–H and O–H groups in total. The summed E-state index contributed by atoms with van der Waals surface area (Å²) in [4.78, 5) is 31.6. The van der Waals surface area contributed by atoms with E-state index in [0.29, 0.717) is 36.5 Å². The van der Waals surface area contributed by atoms with Gasteiger partial charge in [-0.05, 0) is 55.3 Å². The number of anilines is 1. The highest BCUT2D eigenvalue weighted by molar-refractivity contribution is 5.94. The second kappa shape index (κ2) is 7.29. The molecule has 5 rings (SSSR count). The number of carbonyl (C=O) groups excluding carboxylic acids is 1. The van der Waals surface area contributed by atoms with Crippen LogP contribution in [0.2, 0.25) is 0 Å². The largest absolute Gasteiger partial charge is 0.486 e. The molecule has 0 spiro atoms. The predicted molar refractivity (Wildman–Crippen MR) is 109 cm³/mol. The number of nitrogens with one attached hydrogen (secondary N) is 3. The topological polar surface area (TPSA) is 99.4 Å². The third-order valence-electron chi connectivity index (χ3n) is 5.46. The van der Waals surface area contributed by atoms with Gasteiger partial charge in [-0.15, -0.1) is 0 Å². The van der Waals surface area contributed by atoms with Gasteiger partial charge >= 0.3 is 5.69 Å². The zero-order valence-corrected chi connectivity index (χ0v) is 15.9. The van der Waals surface area contributed by atoms with Crippen LogP contribution in [0.5, 0.6) is 11.5 Å². The van der Waals surface area contributed by atoms with Crippen LogP contribution in [0.1, 0.15) is 24.4 Å². The number of hydrogen-bond acceptors (Lipinski definition) is 5. The van der Waals surface area contributed by atoms with Gasteiger partial charge in [0, 0.05) is 11.7 Å². The van der Waals surface area contributed by atoms with Crippen molar-refractivity contribution < 1.29 is 14.3 Å². The van der Waals surface area contributed by atoms with E-state index in [4.69, 9.17) is 9.47 Å². The van der Waals surface area contributed by atoms with E-state index in [1.165, 1.54) is 0 Å². The number of hydrogen-bond donors (Lipinski definition) is 3. The van der Waals surface area contributed by atoms with Crippen LogP contribution < -0.4 is 20.5 Å². The summed E-state index contributed by atoms with van der Waals surface area (Å²) in [5.41, 5.74) is 2.93. The molecule has 2 aromatic carbocycles. The molecule has 0 bridgehead atoms. The van der Waals surface area contributed by atoms with Crippen LogP contribution in [0.3, 0.4) is 0 Å². The number of ether oxygens (including phenoxy) is 2. The van der Waals surface area contributed by atoms with Crippen LogP contribution in [0.4, 0.5) is 5.69 Å². The van der Waals surface area contributed by atoms with E-state index in [0.717, 1.165) is 36.4 Å². The Morgan fingerprint density at radius 1 is 1.07 bits per heavy atom. The molecule has 0 radical (unpaired) electrons. The highest BCUT2D eigenvalue weighted by atomic mass is 16.6. The van der Waals surface area contributed by atoms with Crippen molar-refractivity contribution in [3.63, 3.8) is 0 Å². The van der Waals surface area contributed by atoms with Gasteiger partial charge in [-0.25, -0.2) is 4.79 Å². The Balaban J connectivity index is 1.28. The minimum Gasteiger partial charge on any atom is -0.486 e. The maximum Gasteiger partial charge on any atom is 0.323 e. The SMILES string of the molecule is O=C(CN1CCC[C@@H]1c1ccc2c(c1)OCCO2)Nc1ccc2[nH]c(=O)[nH]c2c1. The summed E-state index contributed by atoms with van der Waals surface area (Å²) in [5.74, 6) is 1.48. The first-order valence-corrected chi connectivity index (χ1v) is 9.81. The molecular formula is C21H22N4O4. The maximum absolute atomic E-state index is 12.6. The molecule has 0 saturated carbocycles. The Bertz CT molecular complexity index is 1120. The lowest BCUT2D eigenvalue weighted by atomic mass is 10.0. The quantitative estimate of drug-likeness (QED) is 0.631. The van der Waals surface area contributed by atoms with Gasteiger partial charge in [0.05, 0.1) is 17.6 Å². The number of fused-ring (bicyclic) bond motifs is 2. The van der Waals surface area contributed by atoms with Gasteiger partial charge < -0.3 is 24.8 Å². The summed E-state index contributed by atoms with van der Waals surface area (Å²) in [6.07, 6.45) is 2.05. The molecule has 150 valence electrons. The lowest BCUT2D eigenvalue weighted by molar-refractivity contribution is -0.117. The molecule has 2 aliphatic rings. The summed E-state index contributed by atoms with van der Waals surface area (Å²) in [6.45, 7) is 2.31. The van der Waals surface area contributed by atoms with Crippen molar-refractivity contribution in [2.45, 2.75) is 18.9 Å². The van der Waals surface area contributed by atoms with Gasteiger partial charge in [-0.3, -0.25) is 9.69 Å². The smallest absolute Gasteiger partial charge is 0.323 e. The first-order chi connectivity index (χ1) is 14.2. The molecule has 29 heavy (non-hydrogen) atoms. The lowest BCUT2D eigenvalue weighted by Gasteiger charge is -2.26. The number of H-pyrrole nitrogens is 2. The Hall–Kier alpha value is -3.26. The standard InChI is InChI=1S/C21H22N4O4/c26-20(22-14-4-5-15-16(11-14)24-21(27)23-15)12-25-7-1-2-17(25)13-3-6-18-19(10-13)29-9-8-28-18/h3-6,10-11,17H,1-2,7-9,12H2,(H,22,26)(H2,23,24,27)/t17-/m1/s1. The highest BCUT2D eigenvalue weighted by Crippen LogP contribution is 2.37. The van der Waals surface area contributed by atoms with Gasteiger partial charge in [0.2, 0.25) is 5.91 Å². The van der Waals surface area contributed by atoms with E-state index in [1.54, 1.807) is 18.2 Å². The zero-order valence-electron chi connectivity index (χ0n) is 15.9. The van der Waals surface area contributed by atoms with E-state index in [9.17, 15) is 9.59 Å². The van der Waals surface area contributed by atoms with E-state index >= 15 is 0 Å². The molecule has 0 aliphatic carbocycles. The fraction of sp³-hybridized carbons (Fsp3) is 0.333. The third-order valence-corrected chi connectivity index (χ3v) is 5.46. The number of imidazole rings is 1. The van der Waals surface area contributed by atoms with E-state index < -0.39 is 0 Å². The molecule has 8 heteroatoms. The molecule has 0 unspecified atom stereocenters. The monoisotopic (exact) mass is 394 g/mol. The molecule has 1 aromatic heterocycles. The number of likely N-dealkylation sites (tertiary alicyclic amines) is 1. The van der Waals surface area contributed by atoms with Gasteiger partial charge in [0.1, 0.15) is 13.2 Å². The van der Waals surface area contributed by atoms with Crippen LogP contribution in [0, 0.1) is 0 Å². The van der Waals surface area contributed by atoms with Crippen LogP contribution in [-0.2, 0) is 4.79 Å². The first kappa shape index (κ1) is 17.8. The molecule has 2 aliphatic heterocycles. The summed E-state index contributed by atoms with van der Waals surface area (Å²) < 4.78 is 11.3. The molecule has 8 nitrogen and oxygen atoms in total. The number of nitrogens with zero attached hydrogens (tertiary/aromatic N) is 1. The number of amides is 1. The van der Waals surface area contributed by atoms with Crippen LogP contribution in [-0.4, -0.2) is 47.1 Å². The van der Waals surface area contributed by atoms with Crippen molar-refractivity contribution in [2.75, 3.05) is 31.6 Å². The van der Waals surface area contributed by atoms with Crippen LogP contribution in [0.15, 0.2) is 41.2 Å². The molecular weight excluding hydrogens is 372 g/mol. The minimum absolute atomic E-state index is 0.0772. The van der Waals surface area contributed by atoms with Crippen LogP contribution >= 0.6 is 0 Å². The average Bonchev–Trinajstić information content (AvgIpc) is 3.32.